The third-order valence-corrected chi connectivity index (χ3v) is 5.63. The molecule has 0 spiro atoms. The first-order chi connectivity index (χ1) is 13.1. The van der Waals surface area contributed by atoms with Gasteiger partial charge in [-0.3, -0.25) is 0 Å². The lowest BCUT2D eigenvalue weighted by molar-refractivity contribution is 0.276. The fourth-order valence-corrected chi connectivity index (χ4v) is 3.78. The van der Waals surface area contributed by atoms with Crippen LogP contribution in [0.4, 0.5) is 6.01 Å². The van der Waals surface area contributed by atoms with Crippen LogP contribution < -0.4 is 9.64 Å². The smallest absolute Gasteiger partial charge is 0.324 e. The molecule has 1 saturated heterocycles. The zero-order valence-corrected chi connectivity index (χ0v) is 17.4. The van der Waals surface area contributed by atoms with Gasteiger partial charge in [0.05, 0.1) is 13.2 Å². The summed E-state index contributed by atoms with van der Waals surface area (Å²) < 4.78 is 11.3. The number of nitrogens with zero attached hydrogens (tertiary/aromatic N) is 4. The molecule has 1 fully saturated rings. The van der Waals surface area contributed by atoms with Crippen LogP contribution in [0.3, 0.4) is 0 Å². The third kappa shape index (κ3) is 6.14. The standard InChI is InChI=1S/C20H30N4O2S/c1-23(2)15-19-21-20(26-22-19)24-12-10-16(11-13-24)5-4-14-25-17-6-8-18(27-3)9-7-17/h6-9,16H,4-5,10-15H2,1-3H3. The number of thioether (sulfide) groups is 1. The maximum absolute atomic E-state index is 5.86. The van der Waals surface area contributed by atoms with Gasteiger partial charge in [0.1, 0.15) is 5.75 Å². The molecule has 1 aromatic carbocycles. The summed E-state index contributed by atoms with van der Waals surface area (Å²) in [7, 11) is 4.01. The van der Waals surface area contributed by atoms with Crippen LogP contribution in [-0.4, -0.2) is 55.1 Å². The van der Waals surface area contributed by atoms with Gasteiger partial charge in [-0.2, -0.15) is 4.98 Å². The molecular formula is C20H30N4O2S. The molecule has 0 saturated carbocycles. The Hall–Kier alpha value is -1.73. The Kier molecular flexibility index (Phi) is 7.41. The highest BCUT2D eigenvalue weighted by Crippen LogP contribution is 2.25. The van der Waals surface area contributed by atoms with Crippen LogP contribution in [-0.2, 0) is 6.54 Å². The van der Waals surface area contributed by atoms with Gasteiger partial charge in [0.2, 0.25) is 0 Å². The molecule has 6 nitrogen and oxygen atoms in total. The molecule has 1 aliphatic heterocycles. The predicted octanol–water partition coefficient (Wildman–Crippen LogP) is 3.93. The van der Waals surface area contributed by atoms with Crippen molar-refractivity contribution in [3.63, 3.8) is 0 Å². The Balaban J connectivity index is 1.34. The second-order valence-corrected chi connectivity index (χ2v) is 8.21. The third-order valence-electron chi connectivity index (χ3n) is 4.88. The molecule has 1 aromatic heterocycles. The molecule has 1 aliphatic rings. The number of rotatable bonds is 9. The van der Waals surface area contributed by atoms with E-state index in [1.807, 2.05) is 19.0 Å². The van der Waals surface area contributed by atoms with Gasteiger partial charge in [0, 0.05) is 18.0 Å². The Labute approximate surface area is 166 Å². The molecule has 0 atom stereocenters. The Morgan fingerprint density at radius 3 is 2.63 bits per heavy atom. The second kappa shape index (κ2) is 9.99. The highest BCUT2D eigenvalue weighted by Gasteiger charge is 2.23. The van der Waals surface area contributed by atoms with Crippen LogP contribution in [0.5, 0.6) is 5.75 Å². The van der Waals surface area contributed by atoms with Gasteiger partial charge in [-0.25, -0.2) is 0 Å². The van der Waals surface area contributed by atoms with Crippen LogP contribution in [0.15, 0.2) is 33.7 Å². The van der Waals surface area contributed by atoms with Crippen molar-refractivity contribution in [3.05, 3.63) is 30.1 Å². The van der Waals surface area contributed by atoms with Crippen molar-refractivity contribution in [3.8, 4) is 5.75 Å². The first kappa shape index (κ1) is 20.0. The highest BCUT2D eigenvalue weighted by molar-refractivity contribution is 7.98. The largest absolute Gasteiger partial charge is 0.494 e. The van der Waals surface area contributed by atoms with Crippen molar-refractivity contribution in [2.75, 3.05) is 44.9 Å². The van der Waals surface area contributed by atoms with Crippen molar-refractivity contribution in [2.24, 2.45) is 5.92 Å². The van der Waals surface area contributed by atoms with Gasteiger partial charge in [0.15, 0.2) is 5.82 Å². The Bertz CT molecular complexity index is 682. The minimum absolute atomic E-state index is 0.669. The van der Waals surface area contributed by atoms with Gasteiger partial charge in [-0.1, -0.05) is 5.16 Å². The number of hydrogen-bond acceptors (Lipinski definition) is 7. The zero-order chi connectivity index (χ0) is 19.1. The van der Waals surface area contributed by atoms with E-state index in [0.717, 1.165) is 43.6 Å². The monoisotopic (exact) mass is 390 g/mol. The van der Waals surface area contributed by atoms with Gasteiger partial charge in [-0.15, -0.1) is 11.8 Å². The maximum Gasteiger partial charge on any atom is 0.324 e. The molecule has 2 aromatic rings. The van der Waals surface area contributed by atoms with Crippen molar-refractivity contribution >= 4 is 17.8 Å². The number of ether oxygens (including phenoxy) is 1. The first-order valence-corrected chi connectivity index (χ1v) is 10.9. The summed E-state index contributed by atoms with van der Waals surface area (Å²) in [6.07, 6.45) is 6.75. The van der Waals surface area contributed by atoms with Gasteiger partial charge in [0.25, 0.3) is 0 Å². The summed E-state index contributed by atoms with van der Waals surface area (Å²) in [5, 5.41) is 4.06. The summed E-state index contributed by atoms with van der Waals surface area (Å²) in [4.78, 5) is 10.0. The predicted molar refractivity (Wildman–Crippen MR) is 110 cm³/mol. The average Bonchev–Trinajstić information content (AvgIpc) is 3.14. The molecule has 0 unspecified atom stereocenters. The molecule has 148 valence electrons. The fourth-order valence-electron chi connectivity index (χ4n) is 3.37. The molecule has 0 radical (unpaired) electrons. The summed E-state index contributed by atoms with van der Waals surface area (Å²) in [5.41, 5.74) is 0. The SMILES string of the molecule is CSc1ccc(OCCCC2CCN(c3nc(CN(C)C)no3)CC2)cc1. The maximum atomic E-state index is 5.86. The molecular weight excluding hydrogens is 360 g/mol. The second-order valence-electron chi connectivity index (χ2n) is 7.33. The molecule has 0 bridgehead atoms. The van der Waals surface area contributed by atoms with E-state index in [1.165, 1.54) is 24.2 Å². The van der Waals surface area contributed by atoms with E-state index in [1.54, 1.807) is 11.8 Å². The van der Waals surface area contributed by atoms with Crippen molar-refractivity contribution in [1.29, 1.82) is 0 Å². The summed E-state index contributed by atoms with van der Waals surface area (Å²) >= 11 is 1.75. The number of anilines is 1. The molecule has 2 heterocycles. The van der Waals surface area contributed by atoms with Gasteiger partial charge < -0.3 is 19.1 Å². The topological polar surface area (TPSA) is 54.6 Å². The lowest BCUT2D eigenvalue weighted by Crippen LogP contribution is -2.34. The van der Waals surface area contributed by atoms with E-state index < -0.39 is 0 Å². The van der Waals surface area contributed by atoms with Crippen LogP contribution in [0.1, 0.15) is 31.5 Å². The zero-order valence-electron chi connectivity index (χ0n) is 16.6. The minimum Gasteiger partial charge on any atom is -0.494 e. The molecule has 3 rings (SSSR count). The number of piperidine rings is 1. The molecule has 0 N–H and O–H groups in total. The summed E-state index contributed by atoms with van der Waals surface area (Å²) in [6, 6.07) is 9.00. The lowest BCUT2D eigenvalue weighted by atomic mass is 9.92. The molecule has 0 amide bonds. The highest BCUT2D eigenvalue weighted by atomic mass is 32.2. The quantitative estimate of drug-likeness (QED) is 0.475. The molecule has 27 heavy (non-hydrogen) atoms. The fraction of sp³-hybridized carbons (Fsp3) is 0.600. The van der Waals surface area contributed by atoms with E-state index in [9.17, 15) is 0 Å². The van der Waals surface area contributed by atoms with Crippen LogP contribution in [0, 0.1) is 5.92 Å². The Morgan fingerprint density at radius 1 is 1.22 bits per heavy atom. The first-order valence-electron chi connectivity index (χ1n) is 9.63. The Morgan fingerprint density at radius 2 is 1.96 bits per heavy atom. The number of hydrogen-bond donors (Lipinski definition) is 0. The van der Waals surface area contributed by atoms with Gasteiger partial charge in [-0.05, 0) is 76.2 Å². The van der Waals surface area contributed by atoms with E-state index in [2.05, 4.69) is 45.6 Å². The van der Waals surface area contributed by atoms with Crippen LogP contribution >= 0.6 is 11.8 Å². The van der Waals surface area contributed by atoms with E-state index in [4.69, 9.17) is 9.26 Å². The average molecular weight is 391 g/mol. The number of aromatic nitrogens is 2. The van der Waals surface area contributed by atoms with E-state index in [-0.39, 0.29) is 0 Å². The van der Waals surface area contributed by atoms with Crippen molar-refractivity contribution in [1.82, 2.24) is 15.0 Å². The van der Waals surface area contributed by atoms with Crippen LogP contribution in [0.25, 0.3) is 0 Å². The lowest BCUT2D eigenvalue weighted by Gasteiger charge is -2.30. The van der Waals surface area contributed by atoms with E-state index >= 15 is 0 Å². The minimum atomic E-state index is 0.669. The van der Waals surface area contributed by atoms with E-state index in [0.29, 0.717) is 12.6 Å². The van der Waals surface area contributed by atoms with Crippen molar-refractivity contribution < 1.29 is 9.26 Å². The summed E-state index contributed by atoms with van der Waals surface area (Å²) in [6.45, 7) is 3.48. The summed E-state index contributed by atoms with van der Waals surface area (Å²) in [5.74, 6) is 2.47. The van der Waals surface area contributed by atoms with Gasteiger partial charge >= 0.3 is 6.01 Å². The van der Waals surface area contributed by atoms with Crippen LogP contribution in [0.2, 0.25) is 0 Å². The molecule has 7 heteroatoms. The number of benzene rings is 1. The molecule has 0 aliphatic carbocycles. The normalized spacial score (nSPS) is 15.5. The van der Waals surface area contributed by atoms with Crippen molar-refractivity contribution in [2.45, 2.75) is 37.1 Å².